The Morgan fingerprint density at radius 2 is 2.09 bits per heavy atom. The predicted octanol–water partition coefficient (Wildman–Crippen LogP) is 2.35. The molecule has 0 unspecified atom stereocenters. The van der Waals surface area contributed by atoms with Crippen LogP contribution in [0.5, 0.6) is 5.75 Å². The Labute approximate surface area is 131 Å². The molecule has 1 aliphatic heterocycles. The third kappa shape index (κ3) is 3.40. The number of ether oxygens (including phenoxy) is 1. The van der Waals surface area contributed by atoms with Gasteiger partial charge in [-0.05, 0) is 32.4 Å². The lowest BCUT2D eigenvalue weighted by atomic mass is 9.99. The van der Waals surface area contributed by atoms with Crippen molar-refractivity contribution >= 4 is 17.5 Å². The Hall–Kier alpha value is -2.04. The Morgan fingerprint density at radius 1 is 1.41 bits per heavy atom. The summed E-state index contributed by atoms with van der Waals surface area (Å²) in [6.07, 6.45) is 1.08. The van der Waals surface area contributed by atoms with E-state index in [4.69, 9.17) is 4.74 Å². The molecule has 0 aromatic heterocycles. The van der Waals surface area contributed by atoms with Crippen LogP contribution >= 0.6 is 0 Å². The van der Waals surface area contributed by atoms with Gasteiger partial charge < -0.3 is 15.0 Å². The van der Waals surface area contributed by atoms with E-state index < -0.39 is 0 Å². The van der Waals surface area contributed by atoms with E-state index >= 15 is 0 Å². The van der Waals surface area contributed by atoms with Crippen molar-refractivity contribution in [1.82, 2.24) is 5.32 Å². The number of hydrogen-bond acceptors (Lipinski definition) is 3. The van der Waals surface area contributed by atoms with Gasteiger partial charge in [0, 0.05) is 18.5 Å². The number of benzene rings is 1. The number of carbonyl (C=O) groups excluding carboxylic acids is 2. The number of nitrogens with zero attached hydrogens (tertiary/aromatic N) is 1. The van der Waals surface area contributed by atoms with E-state index in [0.717, 1.165) is 12.1 Å². The second-order valence-electron chi connectivity index (χ2n) is 6.30. The number of hydrogen-bond donors (Lipinski definition) is 1. The zero-order chi connectivity index (χ0) is 16.3. The fourth-order valence-corrected chi connectivity index (χ4v) is 2.49. The van der Waals surface area contributed by atoms with Crippen molar-refractivity contribution in [3.05, 3.63) is 24.3 Å². The largest absolute Gasteiger partial charge is 0.495 e. The first-order valence-electron chi connectivity index (χ1n) is 7.63. The fourth-order valence-electron chi connectivity index (χ4n) is 2.49. The number of carbonyl (C=O) groups is 2. The van der Waals surface area contributed by atoms with Crippen LogP contribution in [0.2, 0.25) is 0 Å². The van der Waals surface area contributed by atoms with E-state index in [2.05, 4.69) is 5.32 Å². The molecule has 2 amide bonds. The van der Waals surface area contributed by atoms with Gasteiger partial charge in [-0.3, -0.25) is 9.59 Å². The number of methoxy groups -OCH3 is 1. The maximum absolute atomic E-state index is 12.4. The molecule has 5 nitrogen and oxygen atoms in total. The van der Waals surface area contributed by atoms with Gasteiger partial charge in [0.2, 0.25) is 11.8 Å². The Morgan fingerprint density at radius 3 is 2.73 bits per heavy atom. The summed E-state index contributed by atoms with van der Waals surface area (Å²) in [7, 11) is 1.58. The molecule has 1 aromatic rings. The molecule has 0 saturated carbocycles. The van der Waals surface area contributed by atoms with Crippen LogP contribution in [0, 0.1) is 5.92 Å². The normalized spacial score (nSPS) is 18.5. The molecule has 1 heterocycles. The minimum Gasteiger partial charge on any atom is -0.495 e. The SMILES string of the molecule is CCC(C)(C)NC(=O)[C@@H]1CC(=O)N(c2ccccc2OC)C1. The van der Waals surface area contributed by atoms with E-state index in [0.29, 0.717) is 12.3 Å². The highest BCUT2D eigenvalue weighted by molar-refractivity contribution is 6.01. The van der Waals surface area contributed by atoms with E-state index in [-0.39, 0.29) is 29.7 Å². The standard InChI is InChI=1S/C17H24N2O3/c1-5-17(2,3)18-16(21)12-10-15(20)19(11-12)13-8-6-7-9-14(13)22-4/h6-9,12H,5,10-11H2,1-4H3,(H,18,21)/t12-/m1/s1. The lowest BCUT2D eigenvalue weighted by molar-refractivity contribution is -0.127. The number of nitrogens with one attached hydrogen (secondary N) is 1. The van der Waals surface area contributed by atoms with Crippen LogP contribution in [0.1, 0.15) is 33.6 Å². The average molecular weight is 304 g/mol. The molecule has 1 atom stereocenters. The summed E-state index contributed by atoms with van der Waals surface area (Å²) in [5.74, 6) is 0.227. The Bertz CT molecular complexity index is 569. The molecule has 120 valence electrons. The lowest BCUT2D eigenvalue weighted by Crippen LogP contribution is -2.46. The molecule has 1 saturated heterocycles. The van der Waals surface area contributed by atoms with Crippen molar-refractivity contribution in [2.45, 2.75) is 39.2 Å². The molecule has 1 N–H and O–H groups in total. The summed E-state index contributed by atoms with van der Waals surface area (Å²) in [5.41, 5.74) is 0.470. The van der Waals surface area contributed by atoms with Gasteiger partial charge in [0.15, 0.2) is 0 Å². The molecule has 5 heteroatoms. The summed E-state index contributed by atoms with van der Waals surface area (Å²) in [6.45, 7) is 6.39. The van der Waals surface area contributed by atoms with Crippen molar-refractivity contribution in [1.29, 1.82) is 0 Å². The highest BCUT2D eigenvalue weighted by atomic mass is 16.5. The van der Waals surface area contributed by atoms with Crippen molar-refractivity contribution in [3.63, 3.8) is 0 Å². The topological polar surface area (TPSA) is 58.6 Å². The van der Waals surface area contributed by atoms with Gasteiger partial charge in [-0.2, -0.15) is 0 Å². The molecule has 0 radical (unpaired) electrons. The zero-order valence-electron chi connectivity index (χ0n) is 13.7. The van der Waals surface area contributed by atoms with Crippen LogP contribution in [0.3, 0.4) is 0 Å². The molecule has 1 aromatic carbocycles. The first-order valence-corrected chi connectivity index (χ1v) is 7.63. The monoisotopic (exact) mass is 304 g/mol. The smallest absolute Gasteiger partial charge is 0.227 e. The minimum absolute atomic E-state index is 0.0426. The van der Waals surface area contributed by atoms with Crippen LogP contribution in [-0.2, 0) is 9.59 Å². The van der Waals surface area contributed by atoms with E-state index in [9.17, 15) is 9.59 Å². The Kier molecular flexibility index (Phi) is 4.74. The molecule has 2 rings (SSSR count). The maximum Gasteiger partial charge on any atom is 0.227 e. The van der Waals surface area contributed by atoms with Crippen LogP contribution in [0.25, 0.3) is 0 Å². The molecular weight excluding hydrogens is 280 g/mol. The van der Waals surface area contributed by atoms with Crippen LogP contribution in [0.4, 0.5) is 5.69 Å². The van der Waals surface area contributed by atoms with Crippen LogP contribution in [-0.4, -0.2) is 31.0 Å². The number of rotatable bonds is 5. The van der Waals surface area contributed by atoms with Gasteiger partial charge >= 0.3 is 0 Å². The molecular formula is C17H24N2O3. The van der Waals surface area contributed by atoms with Crippen molar-refractivity contribution in [2.75, 3.05) is 18.6 Å². The van der Waals surface area contributed by atoms with Crippen molar-refractivity contribution < 1.29 is 14.3 Å². The van der Waals surface area contributed by atoms with Gasteiger partial charge in [0.1, 0.15) is 5.75 Å². The highest BCUT2D eigenvalue weighted by Crippen LogP contribution is 2.32. The van der Waals surface area contributed by atoms with Gasteiger partial charge in [-0.15, -0.1) is 0 Å². The second-order valence-corrected chi connectivity index (χ2v) is 6.30. The Balaban J connectivity index is 2.12. The highest BCUT2D eigenvalue weighted by Gasteiger charge is 2.37. The third-order valence-corrected chi connectivity index (χ3v) is 4.22. The average Bonchev–Trinajstić information content (AvgIpc) is 2.89. The zero-order valence-corrected chi connectivity index (χ0v) is 13.7. The summed E-state index contributed by atoms with van der Waals surface area (Å²) in [4.78, 5) is 26.3. The summed E-state index contributed by atoms with van der Waals surface area (Å²) < 4.78 is 5.31. The van der Waals surface area contributed by atoms with Crippen molar-refractivity contribution in [2.24, 2.45) is 5.92 Å². The first kappa shape index (κ1) is 16.3. The summed E-state index contributed by atoms with van der Waals surface area (Å²) in [6, 6.07) is 7.37. The lowest BCUT2D eigenvalue weighted by Gasteiger charge is -2.26. The molecule has 22 heavy (non-hydrogen) atoms. The van der Waals surface area contributed by atoms with Gasteiger partial charge in [0.05, 0.1) is 18.7 Å². The van der Waals surface area contributed by atoms with Gasteiger partial charge in [0.25, 0.3) is 0 Å². The first-order chi connectivity index (χ1) is 10.4. The quantitative estimate of drug-likeness (QED) is 0.908. The van der Waals surface area contributed by atoms with E-state index in [1.165, 1.54) is 0 Å². The summed E-state index contributed by atoms with van der Waals surface area (Å²) in [5, 5.41) is 3.02. The van der Waals surface area contributed by atoms with E-state index in [1.54, 1.807) is 12.0 Å². The number of anilines is 1. The summed E-state index contributed by atoms with van der Waals surface area (Å²) >= 11 is 0. The van der Waals surface area contributed by atoms with Crippen molar-refractivity contribution in [3.8, 4) is 5.75 Å². The van der Waals surface area contributed by atoms with Gasteiger partial charge in [-0.1, -0.05) is 19.1 Å². The second kappa shape index (κ2) is 6.38. The molecule has 0 bridgehead atoms. The van der Waals surface area contributed by atoms with E-state index in [1.807, 2.05) is 45.0 Å². The maximum atomic E-state index is 12.4. The number of para-hydroxylation sites is 2. The fraction of sp³-hybridized carbons (Fsp3) is 0.529. The predicted molar refractivity (Wildman–Crippen MR) is 86.0 cm³/mol. The molecule has 0 spiro atoms. The van der Waals surface area contributed by atoms with Gasteiger partial charge in [-0.25, -0.2) is 0 Å². The molecule has 0 aliphatic carbocycles. The third-order valence-electron chi connectivity index (χ3n) is 4.22. The molecule has 1 aliphatic rings. The molecule has 1 fully saturated rings. The minimum atomic E-state index is -0.316. The van der Waals surface area contributed by atoms with Crippen LogP contribution < -0.4 is 15.0 Å². The van der Waals surface area contributed by atoms with Crippen LogP contribution in [0.15, 0.2) is 24.3 Å². The number of amides is 2.